The third kappa shape index (κ3) is 3.66. The van der Waals surface area contributed by atoms with Crippen molar-refractivity contribution in [1.29, 1.82) is 0 Å². The standard InChI is InChI=1S/C16H14F2N4O2S/c1-25(23,24)11-4-2-10(3-5-11)15-12(17)6-9(7-13(15)18)8-14-20-16(19)22-21-14/h2-7H,8H2,1H3,(H3,19,20,21,22). The van der Waals surface area contributed by atoms with E-state index in [1.807, 2.05) is 0 Å². The van der Waals surface area contributed by atoms with Gasteiger partial charge in [-0.3, -0.25) is 5.10 Å². The van der Waals surface area contributed by atoms with Crippen LogP contribution in [-0.4, -0.2) is 29.9 Å². The lowest BCUT2D eigenvalue weighted by Crippen LogP contribution is -1.99. The minimum Gasteiger partial charge on any atom is -0.367 e. The van der Waals surface area contributed by atoms with E-state index in [0.29, 0.717) is 11.4 Å². The molecule has 3 aromatic rings. The molecular formula is C16H14F2N4O2S. The van der Waals surface area contributed by atoms with Crippen molar-refractivity contribution in [3.05, 3.63) is 59.4 Å². The molecule has 25 heavy (non-hydrogen) atoms. The number of hydrogen-bond acceptors (Lipinski definition) is 5. The maximum absolute atomic E-state index is 14.4. The first kappa shape index (κ1) is 17.0. The highest BCUT2D eigenvalue weighted by molar-refractivity contribution is 7.90. The van der Waals surface area contributed by atoms with Crippen LogP contribution in [0, 0.1) is 11.6 Å². The number of benzene rings is 2. The van der Waals surface area contributed by atoms with Gasteiger partial charge in [0.25, 0.3) is 0 Å². The zero-order valence-electron chi connectivity index (χ0n) is 13.1. The molecule has 0 aliphatic heterocycles. The minimum atomic E-state index is -3.38. The van der Waals surface area contributed by atoms with Gasteiger partial charge in [0.15, 0.2) is 9.84 Å². The Morgan fingerprint density at radius 3 is 2.20 bits per heavy atom. The molecule has 0 saturated heterocycles. The Morgan fingerprint density at radius 2 is 1.72 bits per heavy atom. The highest BCUT2D eigenvalue weighted by Crippen LogP contribution is 2.28. The third-order valence-corrected chi connectivity index (χ3v) is 4.72. The maximum atomic E-state index is 14.4. The molecule has 0 radical (unpaired) electrons. The fourth-order valence-corrected chi connectivity index (χ4v) is 3.09. The van der Waals surface area contributed by atoms with Crippen LogP contribution in [0.15, 0.2) is 41.3 Å². The summed E-state index contributed by atoms with van der Waals surface area (Å²) in [5, 5.41) is 6.23. The van der Waals surface area contributed by atoms with Crippen LogP contribution in [0.25, 0.3) is 11.1 Å². The van der Waals surface area contributed by atoms with E-state index in [9.17, 15) is 17.2 Å². The first-order valence-electron chi connectivity index (χ1n) is 7.19. The van der Waals surface area contributed by atoms with Crippen molar-refractivity contribution >= 4 is 15.8 Å². The number of nitrogen functional groups attached to an aromatic ring is 1. The number of sulfone groups is 1. The molecule has 9 heteroatoms. The van der Waals surface area contributed by atoms with Crippen molar-refractivity contribution in [2.75, 3.05) is 12.0 Å². The summed E-state index contributed by atoms with van der Waals surface area (Å²) < 4.78 is 51.7. The Hall–Kier alpha value is -2.81. The van der Waals surface area contributed by atoms with E-state index in [1.54, 1.807) is 0 Å². The summed E-state index contributed by atoms with van der Waals surface area (Å²) in [5.41, 5.74) is 5.78. The van der Waals surface area contributed by atoms with Crippen molar-refractivity contribution in [3.8, 4) is 11.1 Å². The number of aromatic amines is 1. The Balaban J connectivity index is 1.95. The molecular weight excluding hydrogens is 350 g/mol. The lowest BCUT2D eigenvalue weighted by molar-refractivity contribution is 0.586. The smallest absolute Gasteiger partial charge is 0.239 e. The van der Waals surface area contributed by atoms with Crippen LogP contribution >= 0.6 is 0 Å². The lowest BCUT2D eigenvalue weighted by atomic mass is 10.0. The van der Waals surface area contributed by atoms with Gasteiger partial charge in [-0.25, -0.2) is 17.2 Å². The predicted octanol–water partition coefficient (Wildman–Crippen LogP) is 2.33. The van der Waals surface area contributed by atoms with Gasteiger partial charge in [0.2, 0.25) is 5.95 Å². The SMILES string of the molecule is CS(=O)(=O)c1ccc(-c2c(F)cc(Cc3nc(N)n[nH]3)cc2F)cc1. The van der Waals surface area contributed by atoms with Gasteiger partial charge in [0, 0.05) is 12.7 Å². The number of rotatable bonds is 4. The highest BCUT2D eigenvalue weighted by atomic mass is 32.2. The van der Waals surface area contributed by atoms with Gasteiger partial charge < -0.3 is 5.73 Å². The Morgan fingerprint density at radius 1 is 1.12 bits per heavy atom. The van der Waals surface area contributed by atoms with Gasteiger partial charge in [0.05, 0.1) is 10.5 Å². The number of halogens is 2. The third-order valence-electron chi connectivity index (χ3n) is 3.59. The van der Waals surface area contributed by atoms with Gasteiger partial charge >= 0.3 is 0 Å². The van der Waals surface area contributed by atoms with E-state index in [-0.39, 0.29) is 28.4 Å². The summed E-state index contributed by atoms with van der Waals surface area (Å²) in [7, 11) is -3.38. The fourth-order valence-electron chi connectivity index (χ4n) is 2.45. The summed E-state index contributed by atoms with van der Waals surface area (Å²) in [6.07, 6.45) is 1.21. The highest BCUT2D eigenvalue weighted by Gasteiger charge is 2.15. The van der Waals surface area contributed by atoms with Crippen molar-refractivity contribution in [1.82, 2.24) is 15.2 Å². The topological polar surface area (TPSA) is 102 Å². The number of nitrogens with two attached hydrogens (primary N) is 1. The Kier molecular flexibility index (Phi) is 4.25. The maximum Gasteiger partial charge on any atom is 0.239 e. The predicted molar refractivity (Wildman–Crippen MR) is 88.5 cm³/mol. The molecule has 3 rings (SSSR count). The number of H-pyrrole nitrogens is 1. The zero-order valence-corrected chi connectivity index (χ0v) is 13.9. The first-order valence-corrected chi connectivity index (χ1v) is 9.08. The van der Waals surface area contributed by atoms with Crippen molar-refractivity contribution in [2.24, 2.45) is 0 Å². The number of hydrogen-bond donors (Lipinski definition) is 2. The van der Waals surface area contributed by atoms with Crippen molar-refractivity contribution in [3.63, 3.8) is 0 Å². The normalized spacial score (nSPS) is 11.6. The molecule has 0 fully saturated rings. The van der Waals surface area contributed by atoms with E-state index in [2.05, 4.69) is 15.2 Å². The molecule has 0 unspecified atom stereocenters. The molecule has 3 N–H and O–H groups in total. The fraction of sp³-hybridized carbons (Fsp3) is 0.125. The molecule has 0 amide bonds. The van der Waals surface area contributed by atoms with E-state index >= 15 is 0 Å². The number of aromatic nitrogens is 3. The molecule has 2 aromatic carbocycles. The lowest BCUT2D eigenvalue weighted by Gasteiger charge is -2.09. The van der Waals surface area contributed by atoms with Gasteiger partial charge in [-0.05, 0) is 35.4 Å². The van der Waals surface area contributed by atoms with Gasteiger partial charge in [0.1, 0.15) is 17.5 Å². The van der Waals surface area contributed by atoms with E-state index < -0.39 is 21.5 Å². The molecule has 0 spiro atoms. The van der Waals surface area contributed by atoms with Crippen LogP contribution in [0.5, 0.6) is 0 Å². The monoisotopic (exact) mass is 364 g/mol. The van der Waals surface area contributed by atoms with E-state index in [0.717, 1.165) is 6.26 Å². The summed E-state index contributed by atoms with van der Waals surface area (Å²) in [6.45, 7) is 0. The average molecular weight is 364 g/mol. The first-order chi connectivity index (χ1) is 11.7. The summed E-state index contributed by atoms with van der Waals surface area (Å²) >= 11 is 0. The zero-order chi connectivity index (χ0) is 18.2. The molecule has 1 aromatic heterocycles. The molecule has 130 valence electrons. The van der Waals surface area contributed by atoms with E-state index in [4.69, 9.17) is 5.73 Å². The van der Waals surface area contributed by atoms with Gasteiger partial charge in [-0.15, -0.1) is 5.10 Å². The van der Waals surface area contributed by atoms with Crippen LogP contribution in [0.4, 0.5) is 14.7 Å². The van der Waals surface area contributed by atoms with Crippen molar-refractivity contribution in [2.45, 2.75) is 11.3 Å². The summed E-state index contributed by atoms with van der Waals surface area (Å²) in [4.78, 5) is 3.97. The number of nitrogens with one attached hydrogen (secondary N) is 1. The molecule has 0 atom stereocenters. The van der Waals surface area contributed by atoms with Gasteiger partial charge in [-0.1, -0.05) is 12.1 Å². The average Bonchev–Trinajstić information content (AvgIpc) is 2.91. The quantitative estimate of drug-likeness (QED) is 0.740. The number of anilines is 1. The van der Waals surface area contributed by atoms with Gasteiger partial charge in [-0.2, -0.15) is 4.98 Å². The number of nitrogens with zero attached hydrogens (tertiary/aromatic N) is 2. The second-order valence-corrected chi connectivity index (χ2v) is 7.56. The molecule has 0 aliphatic carbocycles. The van der Waals surface area contributed by atoms with Crippen LogP contribution in [0.2, 0.25) is 0 Å². The van der Waals surface area contributed by atoms with Crippen molar-refractivity contribution < 1.29 is 17.2 Å². The van der Waals surface area contributed by atoms with Crippen LogP contribution in [0.3, 0.4) is 0 Å². The second kappa shape index (κ2) is 6.25. The van der Waals surface area contributed by atoms with Crippen LogP contribution < -0.4 is 5.73 Å². The van der Waals surface area contributed by atoms with Crippen LogP contribution in [-0.2, 0) is 16.3 Å². The molecule has 0 aliphatic rings. The largest absolute Gasteiger partial charge is 0.367 e. The minimum absolute atomic E-state index is 0.0542. The summed E-state index contributed by atoms with van der Waals surface area (Å²) in [6, 6.07) is 7.76. The van der Waals surface area contributed by atoms with Crippen LogP contribution in [0.1, 0.15) is 11.4 Å². The molecule has 6 nitrogen and oxygen atoms in total. The van der Waals surface area contributed by atoms with E-state index in [1.165, 1.54) is 36.4 Å². The molecule has 0 saturated carbocycles. The Bertz CT molecular complexity index is 1010. The molecule has 0 bridgehead atoms. The summed E-state index contributed by atoms with van der Waals surface area (Å²) in [5.74, 6) is -1.07. The second-order valence-electron chi connectivity index (χ2n) is 5.55. The molecule has 1 heterocycles. The Labute approximate surface area is 142 Å².